The Morgan fingerprint density at radius 2 is 2.12 bits per heavy atom. The molecular formula is C18H17FN4O2. The molecule has 4 rings (SSSR count). The van der Waals surface area contributed by atoms with Gasteiger partial charge in [-0.3, -0.25) is 4.79 Å². The standard InChI is InChI=1S/C18H17FN4O2/c1-22-17-8-12(5-6-15(17)20-21-22)18(25)23-10-14(24)9-16(23)11-3-2-4-13(19)7-11/h2-8,14,16,24H,9-10H2,1H3. The van der Waals surface area contributed by atoms with Gasteiger partial charge < -0.3 is 10.0 Å². The van der Waals surface area contributed by atoms with Crippen molar-refractivity contribution in [2.75, 3.05) is 6.54 Å². The smallest absolute Gasteiger partial charge is 0.254 e. The summed E-state index contributed by atoms with van der Waals surface area (Å²) in [4.78, 5) is 14.6. The number of carbonyl (C=O) groups is 1. The summed E-state index contributed by atoms with van der Waals surface area (Å²) >= 11 is 0. The minimum atomic E-state index is -0.626. The summed E-state index contributed by atoms with van der Waals surface area (Å²) in [5.74, 6) is -0.553. The van der Waals surface area contributed by atoms with E-state index in [-0.39, 0.29) is 24.3 Å². The maximum atomic E-state index is 13.6. The molecule has 0 spiro atoms. The number of amides is 1. The SMILES string of the molecule is Cn1nnc2ccc(C(=O)N3CC(O)CC3c3cccc(F)c3)cc21. The number of aromatic nitrogens is 3. The van der Waals surface area contributed by atoms with Crippen LogP contribution in [0, 0.1) is 5.82 Å². The predicted octanol–water partition coefficient (Wildman–Crippen LogP) is 2.06. The molecule has 3 aromatic rings. The van der Waals surface area contributed by atoms with Crippen molar-refractivity contribution >= 4 is 16.9 Å². The second-order valence-corrected chi connectivity index (χ2v) is 6.33. The van der Waals surface area contributed by atoms with Crippen LogP contribution in [0.2, 0.25) is 0 Å². The molecule has 1 saturated heterocycles. The molecule has 0 saturated carbocycles. The number of likely N-dealkylation sites (tertiary alicyclic amines) is 1. The average molecular weight is 340 g/mol. The number of aliphatic hydroxyl groups is 1. The highest BCUT2D eigenvalue weighted by Crippen LogP contribution is 2.34. The number of carbonyl (C=O) groups excluding carboxylic acids is 1. The summed E-state index contributed by atoms with van der Waals surface area (Å²) < 4.78 is 15.2. The average Bonchev–Trinajstić information content (AvgIpc) is 3.17. The zero-order chi connectivity index (χ0) is 17.6. The van der Waals surface area contributed by atoms with Crippen LogP contribution in [0.3, 0.4) is 0 Å². The fourth-order valence-electron chi connectivity index (χ4n) is 3.40. The minimum absolute atomic E-state index is 0.200. The third-order valence-corrected chi connectivity index (χ3v) is 4.63. The van der Waals surface area contributed by atoms with Gasteiger partial charge in [0.05, 0.1) is 17.7 Å². The molecule has 1 aliphatic heterocycles. The Morgan fingerprint density at radius 3 is 2.92 bits per heavy atom. The highest BCUT2D eigenvalue weighted by Gasteiger charge is 2.36. The van der Waals surface area contributed by atoms with E-state index in [4.69, 9.17) is 0 Å². The molecule has 1 fully saturated rings. The summed E-state index contributed by atoms with van der Waals surface area (Å²) in [6.45, 7) is 0.224. The monoisotopic (exact) mass is 340 g/mol. The number of aryl methyl sites for hydroxylation is 1. The van der Waals surface area contributed by atoms with Crippen LogP contribution in [0.1, 0.15) is 28.4 Å². The molecule has 0 aliphatic carbocycles. The van der Waals surface area contributed by atoms with Gasteiger partial charge in [-0.1, -0.05) is 17.3 Å². The molecule has 6 nitrogen and oxygen atoms in total. The van der Waals surface area contributed by atoms with Crippen molar-refractivity contribution in [2.24, 2.45) is 7.05 Å². The van der Waals surface area contributed by atoms with Crippen molar-refractivity contribution in [2.45, 2.75) is 18.6 Å². The number of aliphatic hydroxyl groups excluding tert-OH is 1. The first kappa shape index (κ1) is 15.7. The molecule has 1 amide bonds. The highest BCUT2D eigenvalue weighted by molar-refractivity contribution is 5.97. The lowest BCUT2D eigenvalue weighted by Crippen LogP contribution is -2.31. The first-order valence-corrected chi connectivity index (χ1v) is 8.07. The van der Waals surface area contributed by atoms with E-state index in [0.717, 1.165) is 5.52 Å². The van der Waals surface area contributed by atoms with Gasteiger partial charge in [0.1, 0.15) is 11.3 Å². The Morgan fingerprint density at radius 1 is 1.28 bits per heavy atom. The van der Waals surface area contributed by atoms with Crippen LogP contribution in [0.5, 0.6) is 0 Å². The van der Waals surface area contributed by atoms with Gasteiger partial charge in [-0.25, -0.2) is 9.07 Å². The van der Waals surface area contributed by atoms with E-state index in [9.17, 15) is 14.3 Å². The molecule has 1 aliphatic rings. The molecule has 2 unspecified atom stereocenters. The third-order valence-electron chi connectivity index (χ3n) is 4.63. The maximum absolute atomic E-state index is 13.6. The second-order valence-electron chi connectivity index (χ2n) is 6.33. The summed E-state index contributed by atoms with van der Waals surface area (Å²) in [5, 5.41) is 18.0. The number of benzene rings is 2. The lowest BCUT2D eigenvalue weighted by molar-refractivity contribution is 0.0715. The molecule has 0 bridgehead atoms. The Labute approximate surface area is 143 Å². The van der Waals surface area contributed by atoms with Gasteiger partial charge in [0.2, 0.25) is 0 Å². The first-order chi connectivity index (χ1) is 12.0. The van der Waals surface area contributed by atoms with Crippen molar-refractivity contribution < 1.29 is 14.3 Å². The number of hydrogen-bond donors (Lipinski definition) is 1. The molecule has 25 heavy (non-hydrogen) atoms. The van der Waals surface area contributed by atoms with E-state index in [1.54, 1.807) is 47.0 Å². The van der Waals surface area contributed by atoms with Crippen LogP contribution in [0.4, 0.5) is 4.39 Å². The molecule has 1 N–H and O–H groups in total. The number of nitrogens with zero attached hydrogens (tertiary/aromatic N) is 4. The predicted molar refractivity (Wildman–Crippen MR) is 89.3 cm³/mol. The number of rotatable bonds is 2. The molecule has 7 heteroatoms. The second kappa shape index (κ2) is 5.93. The molecular weight excluding hydrogens is 323 g/mol. The molecule has 128 valence electrons. The number of halogens is 1. The summed E-state index contributed by atoms with van der Waals surface area (Å²) in [7, 11) is 1.76. The van der Waals surface area contributed by atoms with Crippen molar-refractivity contribution in [1.82, 2.24) is 19.9 Å². The van der Waals surface area contributed by atoms with Crippen molar-refractivity contribution in [3.8, 4) is 0 Å². The van der Waals surface area contributed by atoms with E-state index in [0.29, 0.717) is 23.1 Å². The van der Waals surface area contributed by atoms with Gasteiger partial charge in [0.25, 0.3) is 5.91 Å². The molecule has 2 atom stereocenters. The van der Waals surface area contributed by atoms with Crippen molar-refractivity contribution in [3.63, 3.8) is 0 Å². The fraction of sp³-hybridized carbons (Fsp3) is 0.278. The fourth-order valence-corrected chi connectivity index (χ4v) is 3.40. The van der Waals surface area contributed by atoms with Crippen LogP contribution < -0.4 is 0 Å². The Kier molecular flexibility index (Phi) is 3.73. The number of fused-ring (bicyclic) bond motifs is 1. The van der Waals surface area contributed by atoms with Crippen LogP contribution >= 0.6 is 0 Å². The number of hydrogen-bond acceptors (Lipinski definition) is 4. The quantitative estimate of drug-likeness (QED) is 0.775. The normalized spacial score (nSPS) is 20.4. The highest BCUT2D eigenvalue weighted by atomic mass is 19.1. The van der Waals surface area contributed by atoms with E-state index >= 15 is 0 Å². The largest absolute Gasteiger partial charge is 0.391 e. The Bertz CT molecular complexity index is 955. The van der Waals surface area contributed by atoms with Crippen LogP contribution in [-0.2, 0) is 7.05 Å². The van der Waals surface area contributed by atoms with Gasteiger partial charge in [-0.2, -0.15) is 0 Å². The van der Waals surface area contributed by atoms with Gasteiger partial charge >= 0.3 is 0 Å². The first-order valence-electron chi connectivity index (χ1n) is 8.07. The molecule has 1 aromatic heterocycles. The lowest BCUT2D eigenvalue weighted by atomic mass is 10.0. The summed E-state index contributed by atoms with van der Waals surface area (Å²) in [6.07, 6.45) is -0.232. The molecule has 0 radical (unpaired) electrons. The Balaban J connectivity index is 1.70. The third kappa shape index (κ3) is 2.76. The van der Waals surface area contributed by atoms with E-state index in [1.165, 1.54) is 12.1 Å². The summed E-state index contributed by atoms with van der Waals surface area (Å²) in [6, 6.07) is 11.0. The van der Waals surface area contributed by atoms with E-state index in [1.807, 2.05) is 0 Å². The van der Waals surface area contributed by atoms with E-state index in [2.05, 4.69) is 10.3 Å². The summed E-state index contributed by atoms with van der Waals surface area (Å²) in [5.41, 5.74) is 2.65. The van der Waals surface area contributed by atoms with Crippen molar-refractivity contribution in [3.05, 3.63) is 59.4 Å². The molecule has 2 heterocycles. The minimum Gasteiger partial charge on any atom is -0.391 e. The number of β-amino-alcohol motifs (C(OH)–C–C–N with tert-alkyl or cyclic N) is 1. The molecule has 2 aromatic carbocycles. The topological polar surface area (TPSA) is 71.2 Å². The Hall–Kier alpha value is -2.80. The van der Waals surface area contributed by atoms with E-state index < -0.39 is 6.10 Å². The lowest BCUT2D eigenvalue weighted by Gasteiger charge is -2.25. The van der Waals surface area contributed by atoms with Gasteiger partial charge in [0.15, 0.2) is 0 Å². The van der Waals surface area contributed by atoms with Crippen LogP contribution in [0.25, 0.3) is 11.0 Å². The maximum Gasteiger partial charge on any atom is 0.254 e. The van der Waals surface area contributed by atoms with Crippen molar-refractivity contribution in [1.29, 1.82) is 0 Å². The van der Waals surface area contributed by atoms with Gasteiger partial charge in [0, 0.05) is 19.2 Å². The van der Waals surface area contributed by atoms with Gasteiger partial charge in [-0.05, 0) is 42.3 Å². The zero-order valence-corrected chi connectivity index (χ0v) is 13.6. The zero-order valence-electron chi connectivity index (χ0n) is 13.6. The van der Waals surface area contributed by atoms with Gasteiger partial charge in [-0.15, -0.1) is 5.10 Å². The van der Waals surface area contributed by atoms with Crippen LogP contribution in [0.15, 0.2) is 42.5 Å². The van der Waals surface area contributed by atoms with Crippen LogP contribution in [-0.4, -0.2) is 43.6 Å².